The van der Waals surface area contributed by atoms with Crippen molar-refractivity contribution in [2.45, 2.75) is 25.8 Å². The molecule has 0 rings (SSSR count). The van der Waals surface area contributed by atoms with Crippen LogP contribution in [0.2, 0.25) is 0 Å². The molecule has 0 aromatic rings. The molecule has 0 radical (unpaired) electrons. The van der Waals surface area contributed by atoms with Crippen molar-refractivity contribution < 1.29 is 10.2 Å². The summed E-state index contributed by atoms with van der Waals surface area (Å²) in [5, 5.41) is 20.8. The van der Waals surface area contributed by atoms with Crippen LogP contribution in [0.3, 0.4) is 0 Å². The Balaban J connectivity index is 3.87. The Bertz CT molecular complexity index is 73.4. The van der Waals surface area contributed by atoms with Gasteiger partial charge in [0, 0.05) is 0 Å². The molecule has 0 aliphatic heterocycles. The average Bonchev–Trinajstić information content (AvgIpc) is 2.01. The van der Waals surface area contributed by atoms with Crippen molar-refractivity contribution in [2.24, 2.45) is 0 Å². The maximum Gasteiger partial charge on any atom is 0.0645 e. The van der Waals surface area contributed by atoms with Gasteiger partial charge in [-0.2, -0.15) is 0 Å². The van der Waals surface area contributed by atoms with Crippen molar-refractivity contribution >= 4 is 0 Å². The van der Waals surface area contributed by atoms with E-state index in [2.05, 4.69) is 5.32 Å². The fourth-order valence-electron chi connectivity index (χ4n) is 0.885. The number of aliphatic hydroxyl groups is 2. The van der Waals surface area contributed by atoms with E-state index in [1.165, 1.54) is 0 Å². The first-order valence-corrected chi connectivity index (χ1v) is 3.71. The van der Waals surface area contributed by atoms with Crippen molar-refractivity contribution in [2.75, 3.05) is 19.8 Å². The minimum atomic E-state index is -0.464. The second-order valence-corrected chi connectivity index (χ2v) is 2.48. The van der Waals surface area contributed by atoms with Crippen molar-refractivity contribution in [1.82, 2.24) is 5.32 Å². The van der Waals surface area contributed by atoms with E-state index in [1.54, 1.807) is 0 Å². The fourth-order valence-corrected chi connectivity index (χ4v) is 0.885. The summed E-state index contributed by atoms with van der Waals surface area (Å²) in [4.78, 5) is 0. The monoisotopic (exact) mass is 147 g/mol. The smallest absolute Gasteiger partial charge is 0.0645 e. The van der Waals surface area contributed by atoms with Gasteiger partial charge in [-0.1, -0.05) is 13.8 Å². The molecule has 0 unspecified atom stereocenters. The Labute approximate surface area is 62.1 Å². The summed E-state index contributed by atoms with van der Waals surface area (Å²) in [5.41, 5.74) is -0.464. The summed E-state index contributed by atoms with van der Waals surface area (Å²) in [7, 11) is 0. The number of aliphatic hydroxyl groups excluding tert-OH is 2. The topological polar surface area (TPSA) is 52.5 Å². The van der Waals surface area contributed by atoms with Crippen LogP contribution in [-0.2, 0) is 0 Å². The lowest BCUT2D eigenvalue weighted by molar-refractivity contribution is 0.0894. The highest BCUT2D eigenvalue weighted by atomic mass is 16.3. The lowest BCUT2D eigenvalue weighted by Gasteiger charge is -2.28. The molecule has 0 saturated heterocycles. The third kappa shape index (κ3) is 2.25. The molecule has 0 aliphatic rings. The Morgan fingerprint density at radius 1 is 1.20 bits per heavy atom. The normalized spacial score (nSPS) is 12.0. The number of hydrogen-bond donors (Lipinski definition) is 3. The minimum Gasteiger partial charge on any atom is -0.394 e. The molecule has 0 amide bonds. The molecule has 3 heteroatoms. The molecule has 0 aliphatic carbocycles. The molecule has 10 heavy (non-hydrogen) atoms. The third-order valence-corrected chi connectivity index (χ3v) is 1.83. The van der Waals surface area contributed by atoms with Gasteiger partial charge in [0.2, 0.25) is 0 Å². The molecule has 0 saturated carbocycles. The molecule has 0 heterocycles. The molecule has 0 aromatic heterocycles. The van der Waals surface area contributed by atoms with Crippen LogP contribution in [0.15, 0.2) is 0 Å². The van der Waals surface area contributed by atoms with Gasteiger partial charge in [-0.3, -0.25) is 0 Å². The van der Waals surface area contributed by atoms with E-state index >= 15 is 0 Å². The molecule has 3 N–H and O–H groups in total. The predicted octanol–water partition coefficient (Wildman–Crippen LogP) is -0.271. The van der Waals surface area contributed by atoms with Crippen molar-refractivity contribution in [1.29, 1.82) is 0 Å². The van der Waals surface area contributed by atoms with Gasteiger partial charge in [-0.15, -0.1) is 0 Å². The molecule has 0 aromatic carbocycles. The van der Waals surface area contributed by atoms with Crippen LogP contribution in [0.25, 0.3) is 0 Å². The Morgan fingerprint density at radius 3 is 1.80 bits per heavy atom. The zero-order chi connectivity index (χ0) is 8.04. The summed E-state index contributed by atoms with van der Waals surface area (Å²) < 4.78 is 0. The first kappa shape index (κ1) is 9.88. The highest BCUT2D eigenvalue weighted by Crippen LogP contribution is 2.06. The highest BCUT2D eigenvalue weighted by Gasteiger charge is 2.24. The van der Waals surface area contributed by atoms with Gasteiger partial charge < -0.3 is 15.5 Å². The molecule has 3 nitrogen and oxygen atoms in total. The predicted molar refractivity (Wildman–Crippen MR) is 40.9 cm³/mol. The zero-order valence-electron chi connectivity index (χ0n) is 6.72. The molecule has 0 bridgehead atoms. The molecule has 62 valence electrons. The summed E-state index contributed by atoms with van der Waals surface area (Å²) in [6.45, 7) is 4.65. The average molecular weight is 147 g/mol. The number of rotatable bonds is 5. The van der Waals surface area contributed by atoms with Crippen LogP contribution in [-0.4, -0.2) is 35.5 Å². The lowest BCUT2D eigenvalue weighted by Crippen LogP contribution is -2.51. The van der Waals surface area contributed by atoms with Gasteiger partial charge >= 0.3 is 0 Å². The summed E-state index contributed by atoms with van der Waals surface area (Å²) in [5.74, 6) is 0. The second-order valence-electron chi connectivity index (χ2n) is 2.48. The van der Waals surface area contributed by atoms with E-state index in [1.807, 2.05) is 13.8 Å². The quantitative estimate of drug-likeness (QED) is 0.501. The first-order chi connectivity index (χ1) is 4.74. The van der Waals surface area contributed by atoms with Crippen LogP contribution in [0.1, 0.15) is 20.3 Å². The summed E-state index contributed by atoms with van der Waals surface area (Å²) >= 11 is 0. The highest BCUT2D eigenvalue weighted by molar-refractivity contribution is 4.84. The van der Waals surface area contributed by atoms with Crippen molar-refractivity contribution in [3.63, 3.8) is 0 Å². The number of likely N-dealkylation sites (N-methyl/N-ethyl adjacent to an activating group) is 1. The van der Waals surface area contributed by atoms with Gasteiger partial charge in [0.05, 0.1) is 18.8 Å². The number of nitrogens with one attached hydrogen (secondary N) is 1. The molecule has 0 atom stereocenters. The minimum absolute atomic E-state index is 0.00611. The Hall–Kier alpha value is -0.120. The summed E-state index contributed by atoms with van der Waals surface area (Å²) in [6.07, 6.45) is 0.744. The third-order valence-electron chi connectivity index (χ3n) is 1.83. The van der Waals surface area contributed by atoms with Gasteiger partial charge in [-0.05, 0) is 13.0 Å². The maximum absolute atomic E-state index is 8.89. The molecule has 0 spiro atoms. The van der Waals surface area contributed by atoms with Crippen LogP contribution >= 0.6 is 0 Å². The van der Waals surface area contributed by atoms with E-state index in [9.17, 15) is 0 Å². The van der Waals surface area contributed by atoms with E-state index in [-0.39, 0.29) is 13.2 Å². The first-order valence-electron chi connectivity index (χ1n) is 3.71. The van der Waals surface area contributed by atoms with Gasteiger partial charge in [-0.25, -0.2) is 0 Å². The van der Waals surface area contributed by atoms with Gasteiger partial charge in [0.25, 0.3) is 0 Å². The van der Waals surface area contributed by atoms with Crippen LogP contribution in [0, 0.1) is 0 Å². The maximum atomic E-state index is 8.89. The van der Waals surface area contributed by atoms with Crippen LogP contribution in [0.5, 0.6) is 0 Å². The van der Waals surface area contributed by atoms with Crippen molar-refractivity contribution in [3.05, 3.63) is 0 Å². The molecular weight excluding hydrogens is 130 g/mol. The SMILES string of the molecule is CCNC(CC)(CO)CO. The lowest BCUT2D eigenvalue weighted by atomic mass is 9.99. The van der Waals surface area contributed by atoms with E-state index < -0.39 is 5.54 Å². The van der Waals surface area contributed by atoms with E-state index in [0.29, 0.717) is 0 Å². The zero-order valence-corrected chi connectivity index (χ0v) is 6.72. The van der Waals surface area contributed by atoms with Crippen LogP contribution < -0.4 is 5.32 Å². The van der Waals surface area contributed by atoms with Gasteiger partial charge in [0.1, 0.15) is 0 Å². The second kappa shape index (κ2) is 4.66. The standard InChI is InChI=1S/C7H17NO2/c1-3-7(5-9,6-10)8-4-2/h8-10H,3-6H2,1-2H3. The largest absolute Gasteiger partial charge is 0.394 e. The molecular formula is C7H17NO2. The van der Waals surface area contributed by atoms with Crippen LogP contribution in [0.4, 0.5) is 0 Å². The Morgan fingerprint density at radius 2 is 1.70 bits per heavy atom. The van der Waals surface area contributed by atoms with Crippen molar-refractivity contribution in [3.8, 4) is 0 Å². The molecule has 0 fully saturated rings. The Kier molecular flexibility index (Phi) is 4.60. The summed E-state index contributed by atoms with van der Waals surface area (Å²) in [6, 6.07) is 0. The van der Waals surface area contributed by atoms with E-state index in [0.717, 1.165) is 13.0 Å². The van der Waals surface area contributed by atoms with Gasteiger partial charge in [0.15, 0.2) is 0 Å². The fraction of sp³-hybridized carbons (Fsp3) is 1.00. The number of hydrogen-bond acceptors (Lipinski definition) is 3. The van der Waals surface area contributed by atoms with E-state index in [4.69, 9.17) is 10.2 Å².